The van der Waals surface area contributed by atoms with E-state index in [9.17, 15) is 9.18 Å². The van der Waals surface area contributed by atoms with Crippen LogP contribution in [0.2, 0.25) is 0 Å². The van der Waals surface area contributed by atoms with Crippen molar-refractivity contribution < 1.29 is 9.18 Å². The normalized spacial score (nSPS) is 18.5. The molecule has 1 aromatic carbocycles. The number of carbonyl (C=O) groups is 1. The number of likely N-dealkylation sites (tertiary alicyclic amines) is 1. The Morgan fingerprint density at radius 3 is 3.12 bits per heavy atom. The van der Waals surface area contributed by atoms with E-state index in [1.54, 1.807) is 23.5 Å². The third-order valence-corrected chi connectivity index (χ3v) is 5.22. The number of thiazole rings is 1. The molecule has 3 rings (SSSR count). The van der Waals surface area contributed by atoms with Gasteiger partial charge in [0.1, 0.15) is 10.8 Å². The van der Waals surface area contributed by atoms with Gasteiger partial charge in [-0.2, -0.15) is 0 Å². The van der Waals surface area contributed by atoms with Crippen molar-refractivity contribution in [2.45, 2.75) is 32.9 Å². The van der Waals surface area contributed by atoms with Gasteiger partial charge in [-0.25, -0.2) is 9.37 Å². The van der Waals surface area contributed by atoms with Gasteiger partial charge in [-0.15, -0.1) is 11.3 Å². The van der Waals surface area contributed by atoms with Crippen molar-refractivity contribution in [2.24, 2.45) is 5.92 Å². The van der Waals surface area contributed by atoms with E-state index in [2.05, 4.69) is 15.2 Å². The number of aryl methyl sites for hydroxylation is 1. The highest BCUT2D eigenvalue weighted by Crippen LogP contribution is 2.19. The zero-order valence-electron chi connectivity index (χ0n) is 13.8. The molecule has 1 aromatic heterocycles. The van der Waals surface area contributed by atoms with E-state index in [0.717, 1.165) is 42.2 Å². The summed E-state index contributed by atoms with van der Waals surface area (Å²) >= 11 is 1.57. The molecule has 2 heterocycles. The summed E-state index contributed by atoms with van der Waals surface area (Å²) < 4.78 is 13.3. The quantitative estimate of drug-likeness (QED) is 0.904. The van der Waals surface area contributed by atoms with Crippen molar-refractivity contribution in [1.29, 1.82) is 0 Å². The van der Waals surface area contributed by atoms with Crippen LogP contribution in [0.4, 0.5) is 4.39 Å². The Balaban J connectivity index is 1.51. The van der Waals surface area contributed by atoms with E-state index in [4.69, 9.17) is 0 Å². The fraction of sp³-hybridized carbons (Fsp3) is 0.444. The molecule has 24 heavy (non-hydrogen) atoms. The van der Waals surface area contributed by atoms with Crippen molar-refractivity contribution in [3.63, 3.8) is 0 Å². The first-order valence-corrected chi connectivity index (χ1v) is 9.13. The molecular weight excluding hydrogens is 325 g/mol. The summed E-state index contributed by atoms with van der Waals surface area (Å²) in [5, 5.41) is 5.92. The van der Waals surface area contributed by atoms with Gasteiger partial charge in [-0.3, -0.25) is 9.69 Å². The van der Waals surface area contributed by atoms with Crippen LogP contribution in [-0.4, -0.2) is 28.9 Å². The lowest BCUT2D eigenvalue weighted by Crippen LogP contribution is -2.42. The number of aromatic nitrogens is 1. The predicted molar refractivity (Wildman–Crippen MR) is 93.1 cm³/mol. The van der Waals surface area contributed by atoms with Crippen LogP contribution in [0.25, 0.3) is 0 Å². The maximum atomic E-state index is 13.3. The molecule has 2 aromatic rings. The largest absolute Gasteiger partial charge is 0.349 e. The molecule has 1 unspecified atom stereocenters. The Morgan fingerprint density at radius 2 is 2.38 bits per heavy atom. The van der Waals surface area contributed by atoms with Crippen LogP contribution in [-0.2, 0) is 17.9 Å². The van der Waals surface area contributed by atoms with Crippen LogP contribution >= 0.6 is 11.3 Å². The molecule has 1 aliphatic heterocycles. The van der Waals surface area contributed by atoms with Gasteiger partial charge in [0.05, 0.1) is 12.5 Å². The second kappa shape index (κ2) is 7.85. The zero-order chi connectivity index (χ0) is 16.9. The Kier molecular flexibility index (Phi) is 5.58. The number of nitrogens with zero attached hydrogens (tertiary/aromatic N) is 2. The lowest BCUT2D eigenvalue weighted by molar-refractivity contribution is -0.126. The average molecular weight is 347 g/mol. The number of hydrogen-bond donors (Lipinski definition) is 1. The van der Waals surface area contributed by atoms with Crippen LogP contribution in [0, 0.1) is 18.7 Å². The third kappa shape index (κ3) is 4.61. The van der Waals surface area contributed by atoms with Gasteiger partial charge in [-0.05, 0) is 44.0 Å². The first kappa shape index (κ1) is 17.0. The first-order valence-electron chi connectivity index (χ1n) is 8.25. The van der Waals surface area contributed by atoms with Crippen molar-refractivity contribution in [3.8, 4) is 0 Å². The highest BCUT2D eigenvalue weighted by Gasteiger charge is 2.25. The SMILES string of the molecule is Cc1csc(CNC(=O)C2CCCN(Cc3cccc(F)c3)C2)n1. The topological polar surface area (TPSA) is 45.2 Å². The molecule has 1 atom stereocenters. The number of rotatable bonds is 5. The molecule has 4 nitrogen and oxygen atoms in total. The van der Waals surface area contributed by atoms with Gasteiger partial charge in [0.25, 0.3) is 0 Å². The van der Waals surface area contributed by atoms with E-state index in [1.807, 2.05) is 18.4 Å². The van der Waals surface area contributed by atoms with Crippen LogP contribution in [0.3, 0.4) is 0 Å². The first-order chi connectivity index (χ1) is 11.6. The molecule has 6 heteroatoms. The fourth-order valence-electron chi connectivity index (χ4n) is 3.10. The number of nitrogens with one attached hydrogen (secondary N) is 1. The Hall–Kier alpha value is -1.79. The molecule has 0 saturated carbocycles. The number of amides is 1. The number of halogens is 1. The summed E-state index contributed by atoms with van der Waals surface area (Å²) in [4.78, 5) is 19.0. The smallest absolute Gasteiger partial charge is 0.224 e. The van der Waals surface area contributed by atoms with Crippen molar-refractivity contribution >= 4 is 17.2 Å². The van der Waals surface area contributed by atoms with E-state index < -0.39 is 0 Å². The summed E-state index contributed by atoms with van der Waals surface area (Å²) in [6.45, 7) is 4.81. The van der Waals surface area contributed by atoms with Gasteiger partial charge in [-0.1, -0.05) is 12.1 Å². The van der Waals surface area contributed by atoms with E-state index in [-0.39, 0.29) is 17.6 Å². The van der Waals surface area contributed by atoms with E-state index in [1.165, 1.54) is 6.07 Å². The molecule has 1 amide bonds. The minimum absolute atomic E-state index is 0.00614. The molecule has 0 spiro atoms. The molecule has 0 aliphatic carbocycles. The summed E-state index contributed by atoms with van der Waals surface area (Å²) in [6, 6.07) is 6.68. The Bertz CT molecular complexity index is 703. The second-order valence-electron chi connectivity index (χ2n) is 6.30. The van der Waals surface area contributed by atoms with Crippen LogP contribution in [0.1, 0.15) is 29.1 Å². The summed E-state index contributed by atoms with van der Waals surface area (Å²) in [6.07, 6.45) is 1.89. The number of piperidine rings is 1. The maximum Gasteiger partial charge on any atom is 0.224 e. The van der Waals surface area contributed by atoms with Gasteiger partial charge in [0, 0.05) is 24.2 Å². The second-order valence-corrected chi connectivity index (χ2v) is 7.25. The number of hydrogen-bond acceptors (Lipinski definition) is 4. The third-order valence-electron chi connectivity index (χ3n) is 4.25. The van der Waals surface area contributed by atoms with E-state index in [0.29, 0.717) is 13.1 Å². The van der Waals surface area contributed by atoms with Gasteiger partial charge < -0.3 is 5.32 Å². The van der Waals surface area contributed by atoms with Crippen molar-refractivity contribution in [3.05, 3.63) is 51.7 Å². The van der Waals surface area contributed by atoms with Gasteiger partial charge in [0.15, 0.2) is 0 Å². The van der Waals surface area contributed by atoms with Crippen molar-refractivity contribution in [1.82, 2.24) is 15.2 Å². The predicted octanol–water partition coefficient (Wildman–Crippen LogP) is 3.12. The molecule has 1 fully saturated rings. The minimum atomic E-state index is -0.211. The summed E-state index contributed by atoms with van der Waals surface area (Å²) in [5.74, 6) is -0.127. The van der Waals surface area contributed by atoms with Gasteiger partial charge in [0.2, 0.25) is 5.91 Å². The fourth-order valence-corrected chi connectivity index (χ4v) is 3.81. The molecule has 128 valence electrons. The molecular formula is C18H22FN3OS. The Labute approximate surface area is 145 Å². The minimum Gasteiger partial charge on any atom is -0.349 e. The van der Waals surface area contributed by atoms with Crippen molar-refractivity contribution in [2.75, 3.05) is 13.1 Å². The lowest BCUT2D eigenvalue weighted by atomic mass is 9.96. The van der Waals surface area contributed by atoms with Gasteiger partial charge >= 0.3 is 0 Å². The monoisotopic (exact) mass is 347 g/mol. The molecule has 0 bridgehead atoms. The summed E-state index contributed by atoms with van der Waals surface area (Å²) in [5.41, 5.74) is 1.94. The summed E-state index contributed by atoms with van der Waals surface area (Å²) in [7, 11) is 0. The lowest BCUT2D eigenvalue weighted by Gasteiger charge is -2.32. The maximum absolute atomic E-state index is 13.3. The Morgan fingerprint density at radius 1 is 1.50 bits per heavy atom. The molecule has 0 radical (unpaired) electrons. The standard InChI is InChI=1S/C18H22FN3OS/c1-13-12-24-17(21-13)9-20-18(23)15-5-3-7-22(11-15)10-14-4-2-6-16(19)8-14/h2,4,6,8,12,15H,3,5,7,9-11H2,1H3,(H,20,23). The highest BCUT2D eigenvalue weighted by atomic mass is 32.1. The average Bonchev–Trinajstić information content (AvgIpc) is 2.98. The molecule has 1 aliphatic rings. The number of carbonyl (C=O) groups excluding carboxylic acids is 1. The van der Waals surface area contributed by atoms with Crippen LogP contribution in [0.15, 0.2) is 29.6 Å². The number of benzene rings is 1. The molecule has 1 N–H and O–H groups in total. The zero-order valence-corrected chi connectivity index (χ0v) is 14.6. The van der Waals surface area contributed by atoms with Crippen LogP contribution in [0.5, 0.6) is 0 Å². The molecule has 1 saturated heterocycles. The van der Waals surface area contributed by atoms with E-state index >= 15 is 0 Å². The van der Waals surface area contributed by atoms with Crippen LogP contribution < -0.4 is 5.32 Å². The highest BCUT2D eigenvalue weighted by molar-refractivity contribution is 7.09.